The molecule has 1 aromatic carbocycles. The van der Waals surface area contributed by atoms with Gasteiger partial charge in [0, 0.05) is 11.6 Å². The third-order valence-corrected chi connectivity index (χ3v) is 2.88. The monoisotopic (exact) mass is 265 g/mol. The zero-order valence-corrected chi connectivity index (χ0v) is 10.4. The number of aromatic carboxylic acids is 1. The lowest BCUT2D eigenvalue weighted by molar-refractivity contribution is 0.0691. The Kier molecular flexibility index (Phi) is 3.01. The van der Waals surface area contributed by atoms with Crippen LogP contribution in [0.1, 0.15) is 10.5 Å². The molecule has 2 heterocycles. The largest absolute Gasteiger partial charge is 0.477 e. The van der Waals surface area contributed by atoms with Crippen LogP contribution in [0.15, 0.2) is 54.9 Å². The minimum atomic E-state index is -1.05. The average Bonchev–Trinajstić information content (AvgIpc) is 2.48. The summed E-state index contributed by atoms with van der Waals surface area (Å²) in [5.41, 5.74) is 2.13. The van der Waals surface area contributed by atoms with Crippen molar-refractivity contribution in [3.8, 4) is 0 Å². The van der Waals surface area contributed by atoms with E-state index in [0.29, 0.717) is 11.2 Å². The molecule has 0 radical (unpaired) electrons. The maximum absolute atomic E-state index is 11.1. The van der Waals surface area contributed by atoms with Crippen LogP contribution in [-0.2, 0) is 0 Å². The fourth-order valence-electron chi connectivity index (χ4n) is 1.98. The molecular weight excluding hydrogens is 254 g/mol. The quantitative estimate of drug-likeness (QED) is 0.761. The normalized spacial score (nSPS) is 10.4. The van der Waals surface area contributed by atoms with Crippen LogP contribution < -0.4 is 5.32 Å². The van der Waals surface area contributed by atoms with Gasteiger partial charge < -0.3 is 10.4 Å². The van der Waals surface area contributed by atoms with E-state index in [0.717, 1.165) is 11.1 Å². The van der Waals surface area contributed by atoms with Gasteiger partial charge in [0.2, 0.25) is 0 Å². The van der Waals surface area contributed by atoms with Crippen LogP contribution in [0.3, 0.4) is 0 Å². The highest BCUT2D eigenvalue weighted by atomic mass is 16.4. The van der Waals surface area contributed by atoms with Crippen molar-refractivity contribution < 1.29 is 9.90 Å². The van der Waals surface area contributed by atoms with E-state index in [-0.39, 0.29) is 5.69 Å². The van der Waals surface area contributed by atoms with Crippen molar-refractivity contribution >= 4 is 28.2 Å². The lowest BCUT2D eigenvalue weighted by Crippen LogP contribution is -2.03. The molecule has 2 aromatic heterocycles. The molecule has 3 aromatic rings. The van der Waals surface area contributed by atoms with E-state index in [1.165, 1.54) is 6.07 Å². The first-order valence-electron chi connectivity index (χ1n) is 6.04. The summed E-state index contributed by atoms with van der Waals surface area (Å²) < 4.78 is 0. The molecule has 0 bridgehead atoms. The molecule has 0 unspecified atom stereocenters. The van der Waals surface area contributed by atoms with Crippen LogP contribution in [0, 0.1) is 0 Å². The second-order valence-corrected chi connectivity index (χ2v) is 4.24. The lowest BCUT2D eigenvalue weighted by atomic mass is 10.1. The van der Waals surface area contributed by atoms with E-state index in [9.17, 15) is 4.79 Å². The Balaban J connectivity index is 2.15. The van der Waals surface area contributed by atoms with Gasteiger partial charge in [0.1, 0.15) is 0 Å². The number of carboxylic acids is 1. The molecule has 5 nitrogen and oxygen atoms in total. The van der Waals surface area contributed by atoms with Crippen molar-refractivity contribution in [2.75, 3.05) is 5.32 Å². The van der Waals surface area contributed by atoms with E-state index in [1.807, 2.05) is 30.3 Å². The second kappa shape index (κ2) is 4.97. The molecule has 20 heavy (non-hydrogen) atoms. The van der Waals surface area contributed by atoms with Gasteiger partial charge in [0.15, 0.2) is 5.69 Å². The van der Waals surface area contributed by atoms with E-state index in [1.54, 1.807) is 18.5 Å². The summed E-state index contributed by atoms with van der Waals surface area (Å²) in [6.45, 7) is 0. The Morgan fingerprint density at radius 3 is 2.75 bits per heavy atom. The number of hydrogen-bond acceptors (Lipinski definition) is 4. The summed E-state index contributed by atoms with van der Waals surface area (Å²) in [4.78, 5) is 19.3. The van der Waals surface area contributed by atoms with Crippen molar-refractivity contribution in [3.63, 3.8) is 0 Å². The van der Waals surface area contributed by atoms with Gasteiger partial charge in [-0.2, -0.15) is 0 Å². The van der Waals surface area contributed by atoms with Crippen LogP contribution in [0.4, 0.5) is 11.4 Å². The highest BCUT2D eigenvalue weighted by molar-refractivity contribution is 5.98. The molecule has 0 atom stereocenters. The molecule has 2 N–H and O–H groups in total. The highest BCUT2D eigenvalue weighted by Crippen LogP contribution is 2.26. The lowest BCUT2D eigenvalue weighted by Gasteiger charge is -2.10. The summed E-state index contributed by atoms with van der Waals surface area (Å²) in [6.07, 6.45) is 3.36. The fraction of sp³-hybridized carbons (Fsp3) is 0. The van der Waals surface area contributed by atoms with Gasteiger partial charge in [-0.1, -0.05) is 18.2 Å². The predicted molar refractivity (Wildman–Crippen MR) is 76.2 cm³/mol. The second-order valence-electron chi connectivity index (χ2n) is 4.24. The van der Waals surface area contributed by atoms with Crippen molar-refractivity contribution in [1.29, 1.82) is 0 Å². The van der Waals surface area contributed by atoms with Gasteiger partial charge >= 0.3 is 5.97 Å². The number of benzene rings is 1. The van der Waals surface area contributed by atoms with Gasteiger partial charge in [-0.15, -0.1) is 0 Å². The van der Waals surface area contributed by atoms with Crippen molar-refractivity contribution in [1.82, 2.24) is 9.97 Å². The summed E-state index contributed by atoms with van der Waals surface area (Å²) >= 11 is 0. The molecule has 3 rings (SSSR count). The van der Waals surface area contributed by atoms with Crippen LogP contribution in [0.25, 0.3) is 10.9 Å². The first-order valence-corrected chi connectivity index (χ1v) is 6.04. The SMILES string of the molecule is O=C(O)c1cc(Nc2cccnc2)c2ccccc2n1. The first kappa shape index (κ1) is 12.1. The number of nitrogens with one attached hydrogen (secondary N) is 1. The number of anilines is 2. The van der Waals surface area contributed by atoms with E-state index in [4.69, 9.17) is 5.11 Å². The van der Waals surface area contributed by atoms with E-state index in [2.05, 4.69) is 15.3 Å². The van der Waals surface area contributed by atoms with Gasteiger partial charge in [0.05, 0.1) is 23.1 Å². The number of fused-ring (bicyclic) bond motifs is 1. The molecule has 0 aliphatic rings. The third-order valence-electron chi connectivity index (χ3n) is 2.88. The number of carbonyl (C=O) groups is 1. The summed E-state index contributed by atoms with van der Waals surface area (Å²) in [5, 5.41) is 13.2. The molecule has 0 saturated heterocycles. The summed E-state index contributed by atoms with van der Waals surface area (Å²) in [6, 6.07) is 12.6. The van der Waals surface area contributed by atoms with Gasteiger partial charge in [-0.3, -0.25) is 4.98 Å². The number of aromatic nitrogens is 2. The van der Waals surface area contributed by atoms with Crippen molar-refractivity contribution in [2.45, 2.75) is 0 Å². The molecule has 0 spiro atoms. The number of rotatable bonds is 3. The smallest absolute Gasteiger partial charge is 0.354 e. The van der Waals surface area contributed by atoms with Gasteiger partial charge in [0.25, 0.3) is 0 Å². The molecule has 0 aliphatic carbocycles. The van der Waals surface area contributed by atoms with Crippen molar-refractivity contribution in [2.24, 2.45) is 0 Å². The molecule has 0 aliphatic heterocycles. The molecule has 98 valence electrons. The van der Waals surface area contributed by atoms with Crippen LogP contribution in [0.5, 0.6) is 0 Å². The Hall–Kier alpha value is -2.95. The molecule has 0 amide bonds. The fourth-order valence-corrected chi connectivity index (χ4v) is 1.98. The van der Waals surface area contributed by atoms with Crippen molar-refractivity contribution in [3.05, 3.63) is 60.6 Å². The van der Waals surface area contributed by atoms with E-state index < -0.39 is 5.97 Å². The summed E-state index contributed by atoms with van der Waals surface area (Å²) in [5.74, 6) is -1.05. The Morgan fingerprint density at radius 1 is 1.15 bits per heavy atom. The van der Waals surface area contributed by atoms with E-state index >= 15 is 0 Å². The molecular formula is C15H11N3O2. The van der Waals surface area contributed by atoms with Gasteiger partial charge in [-0.05, 0) is 24.3 Å². The maximum Gasteiger partial charge on any atom is 0.354 e. The molecule has 0 saturated carbocycles. The minimum Gasteiger partial charge on any atom is -0.477 e. The zero-order valence-electron chi connectivity index (χ0n) is 10.4. The zero-order chi connectivity index (χ0) is 13.9. The Labute approximate surface area is 114 Å². The number of hydrogen-bond donors (Lipinski definition) is 2. The Morgan fingerprint density at radius 2 is 2.00 bits per heavy atom. The highest BCUT2D eigenvalue weighted by Gasteiger charge is 2.10. The maximum atomic E-state index is 11.1. The Bertz CT molecular complexity index is 772. The number of para-hydroxylation sites is 1. The van der Waals surface area contributed by atoms with Crippen LogP contribution in [-0.4, -0.2) is 21.0 Å². The number of nitrogens with zero attached hydrogens (tertiary/aromatic N) is 2. The first-order chi connectivity index (χ1) is 9.74. The summed E-state index contributed by atoms with van der Waals surface area (Å²) in [7, 11) is 0. The average molecular weight is 265 g/mol. The third kappa shape index (κ3) is 2.29. The van der Waals surface area contributed by atoms with Crippen LogP contribution in [0.2, 0.25) is 0 Å². The predicted octanol–water partition coefficient (Wildman–Crippen LogP) is 3.07. The topological polar surface area (TPSA) is 75.1 Å². The molecule has 5 heteroatoms. The van der Waals surface area contributed by atoms with Crippen LogP contribution >= 0.6 is 0 Å². The number of pyridine rings is 2. The van der Waals surface area contributed by atoms with Gasteiger partial charge in [-0.25, -0.2) is 9.78 Å². The minimum absolute atomic E-state index is 0.00934. The number of carboxylic acid groups (broad SMARTS) is 1. The molecule has 0 fully saturated rings. The standard InChI is InChI=1S/C15H11N3O2/c19-15(20)14-8-13(17-10-4-3-7-16-9-10)11-5-1-2-6-12(11)18-14/h1-9H,(H,17,18)(H,19,20).